The van der Waals surface area contributed by atoms with Crippen molar-refractivity contribution in [2.45, 2.75) is 139 Å². The number of piperidine rings is 1. The van der Waals surface area contributed by atoms with Gasteiger partial charge in [0, 0.05) is 65.9 Å². The van der Waals surface area contributed by atoms with Crippen LogP contribution in [-0.2, 0) is 41.8 Å². The van der Waals surface area contributed by atoms with Crippen molar-refractivity contribution in [1.82, 2.24) is 15.3 Å². The van der Waals surface area contributed by atoms with Crippen LogP contribution < -0.4 is 26.5 Å². The molecule has 384 valence electrons. The lowest BCUT2D eigenvalue weighted by molar-refractivity contribution is -0.171. The summed E-state index contributed by atoms with van der Waals surface area (Å²) in [5, 5.41) is 66.2. The molecule has 4 aliphatic carbocycles. The number of aryl methyl sites for hydroxylation is 2. The Kier molecular flexibility index (Phi) is 11.7. The zero-order chi connectivity index (χ0) is 50.7. The number of nitrogens with one attached hydrogen (secondary N) is 2. The number of esters is 1. The first-order valence-electron chi connectivity index (χ1n) is 26.6. The van der Waals surface area contributed by atoms with Gasteiger partial charge < -0.3 is 55.8 Å². The summed E-state index contributed by atoms with van der Waals surface area (Å²) in [4.78, 5) is 39.8. The van der Waals surface area contributed by atoms with Crippen molar-refractivity contribution in [2.75, 3.05) is 37.3 Å². The van der Waals surface area contributed by atoms with E-state index in [1.54, 1.807) is 18.3 Å². The Bertz CT molecular complexity index is 3160. The van der Waals surface area contributed by atoms with Gasteiger partial charge in [-0.2, -0.15) is 0 Å². The maximum Gasteiger partial charge on any atom is 0.337 e. The second-order valence-corrected chi connectivity index (χ2v) is 22.7. The number of nitrogens with two attached hydrogens (primary N) is 1. The summed E-state index contributed by atoms with van der Waals surface area (Å²) in [6.07, 6.45) is 9.97. The largest absolute Gasteiger partial charge is 0.508 e. The summed E-state index contributed by atoms with van der Waals surface area (Å²) in [6.45, 7) is 7.35. The number of anilines is 2. The average molecular weight is 994 g/mol. The first-order chi connectivity index (χ1) is 35.2. The van der Waals surface area contributed by atoms with Gasteiger partial charge in [-0.15, -0.1) is 0 Å². The number of phenolic OH excluding ortho intramolecular Hbond substituents is 2. The number of allylic oxidation sites excluding steroid dienone is 1. The minimum atomic E-state index is -1.39. The highest BCUT2D eigenvalue weighted by molar-refractivity contribution is 5.94. The highest BCUT2D eigenvalue weighted by atomic mass is 16.6. The summed E-state index contributed by atoms with van der Waals surface area (Å²) >= 11 is 0. The van der Waals surface area contributed by atoms with E-state index in [9.17, 15) is 30.3 Å². The number of aromatic hydroxyl groups is 2. The summed E-state index contributed by atoms with van der Waals surface area (Å²) < 4.78 is 21.4. The molecule has 15 nitrogen and oxygen atoms in total. The molecule has 73 heavy (non-hydrogen) atoms. The number of hydrogen-bond donors (Lipinski definition) is 8. The molecule has 4 bridgehead atoms. The smallest absolute Gasteiger partial charge is 0.337 e. The maximum atomic E-state index is 15.6. The zero-order valence-electron chi connectivity index (χ0n) is 41.9. The van der Waals surface area contributed by atoms with E-state index in [2.05, 4.69) is 16.7 Å². The topological polar surface area (TPSA) is 243 Å². The number of pyridine rings is 2. The van der Waals surface area contributed by atoms with Crippen molar-refractivity contribution in [2.24, 2.45) is 23.2 Å². The molecule has 7 aliphatic rings. The number of benzene rings is 2. The number of nitrogens with zero attached hydrogens (tertiary/aromatic N) is 2. The lowest BCUT2D eigenvalue weighted by Gasteiger charge is -2.52. The first kappa shape index (κ1) is 48.0. The SMILES string of the molecule is CCNc1cc2c(cn1)CC1C(CC2)C2CCc3ccc(O)cc3C(CO)C(c3ccnc(N)c32)c2c3c(c(O)c4c(=O)cc(CO)oc24)CC(OC(=O)C2=C(C)CCC4CC5(CCNCC5)CC24O)C1(C)O3. The van der Waals surface area contributed by atoms with Crippen molar-refractivity contribution in [3.05, 3.63) is 120 Å². The highest BCUT2D eigenvalue weighted by Crippen LogP contribution is 2.62. The Labute approximate surface area is 424 Å². The molecule has 5 aromatic rings. The third-order valence-corrected chi connectivity index (χ3v) is 19.0. The molecule has 15 heteroatoms. The molecule has 0 radical (unpaired) electrons. The highest BCUT2D eigenvalue weighted by Gasteiger charge is 2.61. The van der Waals surface area contributed by atoms with Crippen LogP contribution in [-0.4, -0.2) is 85.0 Å². The van der Waals surface area contributed by atoms with Gasteiger partial charge in [0.25, 0.3) is 0 Å². The number of aliphatic hydroxyl groups excluding tert-OH is 2. The van der Waals surface area contributed by atoms with Crippen LogP contribution >= 0.6 is 0 Å². The average Bonchev–Trinajstić information content (AvgIpc) is 3.53. The number of phenols is 2. The van der Waals surface area contributed by atoms with Gasteiger partial charge >= 0.3 is 5.97 Å². The summed E-state index contributed by atoms with van der Waals surface area (Å²) in [5.41, 5.74) is 10.7. The first-order valence-corrected chi connectivity index (χ1v) is 26.6. The summed E-state index contributed by atoms with van der Waals surface area (Å²) in [6, 6.07) is 10.5. The molecule has 2 fully saturated rings. The number of rotatable bonds is 6. The Morgan fingerprint density at radius 1 is 0.973 bits per heavy atom. The number of carbonyl (C=O) groups is 1. The lowest BCUT2D eigenvalue weighted by atomic mass is 9.62. The van der Waals surface area contributed by atoms with Gasteiger partial charge in [0.1, 0.15) is 63.9 Å². The molecule has 1 spiro atoms. The van der Waals surface area contributed by atoms with Gasteiger partial charge in [-0.25, -0.2) is 14.8 Å². The van der Waals surface area contributed by atoms with E-state index >= 15 is 4.79 Å². The number of nitrogen functional groups attached to an aromatic ring is 1. The minimum absolute atomic E-state index is 0.0145. The van der Waals surface area contributed by atoms with E-state index in [0.29, 0.717) is 74.0 Å². The fraction of sp³-hybridized carbons (Fsp3) is 0.517. The fourth-order valence-electron chi connectivity index (χ4n) is 15.6. The number of carbonyl (C=O) groups excluding carboxylic acids is 1. The van der Waals surface area contributed by atoms with E-state index in [-0.39, 0.29) is 63.4 Å². The molecule has 2 aromatic carbocycles. The summed E-state index contributed by atoms with van der Waals surface area (Å²) in [7, 11) is 0. The molecular formula is C58H67N5O10. The van der Waals surface area contributed by atoms with Crippen LogP contribution in [0.2, 0.25) is 0 Å². The molecule has 9 unspecified atom stereocenters. The number of aliphatic hydroxyl groups is 3. The van der Waals surface area contributed by atoms with E-state index in [0.717, 1.165) is 84.0 Å². The van der Waals surface area contributed by atoms with Crippen LogP contribution in [0.5, 0.6) is 17.2 Å². The standard InChI is InChI=1S/C58H67N5O10/c1-4-61-45-20-31-8-11-36-37-12-7-30-6-10-34(66)21-39(30)41(27-65)46(38-13-16-62-54(59)47(37)38)49-52-40(51(68)48-43(67)22-35(26-64)71-53(48)49)23-44(56(3,73-52)42(36)19-32(31)25-63-45)72-55(69)50-29(2)5-9-33-24-57(28-58(33,50)70)14-17-60-18-15-57/h6,10,13,16,20-22,25,33,36-37,41-42,44,46,60,64-66,68,70H,4-5,7-9,11-12,14-15,17-19,23-24,26-28H2,1-3H3,(H2,59,62)(H,61,63). The van der Waals surface area contributed by atoms with Gasteiger partial charge in [0.2, 0.25) is 0 Å². The van der Waals surface area contributed by atoms with Crippen LogP contribution in [0, 0.1) is 23.2 Å². The van der Waals surface area contributed by atoms with Gasteiger partial charge in [0.05, 0.1) is 17.8 Å². The molecule has 9 N–H and O–H groups in total. The molecule has 1 saturated carbocycles. The predicted octanol–water partition coefficient (Wildman–Crippen LogP) is 7.10. The molecular weight excluding hydrogens is 927 g/mol. The molecule has 9 atom stereocenters. The van der Waals surface area contributed by atoms with Gasteiger partial charge in [0.15, 0.2) is 5.43 Å². The Morgan fingerprint density at radius 3 is 2.56 bits per heavy atom. The normalized spacial score (nSPS) is 29.8. The maximum absolute atomic E-state index is 15.6. The van der Waals surface area contributed by atoms with Crippen LogP contribution in [0.3, 0.4) is 0 Å². The third-order valence-electron chi connectivity index (χ3n) is 19.0. The number of hydrogen-bond acceptors (Lipinski definition) is 15. The van der Waals surface area contributed by atoms with Gasteiger partial charge in [-0.05, 0) is 180 Å². The van der Waals surface area contributed by atoms with Crippen molar-refractivity contribution in [1.29, 1.82) is 0 Å². The molecule has 0 amide bonds. The quantitative estimate of drug-likeness (QED) is 0.0792. The molecule has 12 rings (SSSR count). The van der Waals surface area contributed by atoms with Crippen molar-refractivity contribution >= 4 is 28.6 Å². The van der Waals surface area contributed by atoms with E-state index in [1.807, 2.05) is 39.1 Å². The van der Waals surface area contributed by atoms with Crippen molar-refractivity contribution < 1.29 is 44.2 Å². The van der Waals surface area contributed by atoms with Crippen LogP contribution in [0.25, 0.3) is 11.0 Å². The minimum Gasteiger partial charge on any atom is -0.508 e. The predicted molar refractivity (Wildman–Crippen MR) is 274 cm³/mol. The number of ether oxygens (including phenoxy) is 2. The van der Waals surface area contributed by atoms with Gasteiger partial charge in [-0.3, -0.25) is 4.79 Å². The Hall–Kier alpha value is -6.00. The zero-order valence-corrected chi connectivity index (χ0v) is 41.9. The Morgan fingerprint density at radius 2 is 1.78 bits per heavy atom. The van der Waals surface area contributed by atoms with E-state index < -0.39 is 65.4 Å². The number of fused-ring (bicyclic) bond motifs is 10. The molecule has 1 saturated heterocycles. The fourth-order valence-corrected chi connectivity index (χ4v) is 15.6. The lowest BCUT2D eigenvalue weighted by Crippen LogP contribution is -2.59. The number of aromatic nitrogens is 2. The second-order valence-electron chi connectivity index (χ2n) is 22.7. The van der Waals surface area contributed by atoms with E-state index in [1.165, 1.54) is 0 Å². The molecule has 3 aromatic heterocycles. The van der Waals surface area contributed by atoms with Crippen LogP contribution in [0.15, 0.2) is 69.1 Å². The van der Waals surface area contributed by atoms with Crippen LogP contribution in [0.1, 0.15) is 140 Å². The molecule has 3 aliphatic heterocycles. The van der Waals surface area contributed by atoms with E-state index in [4.69, 9.17) is 29.6 Å². The second kappa shape index (κ2) is 17.8. The van der Waals surface area contributed by atoms with Gasteiger partial charge in [-0.1, -0.05) is 11.6 Å². The third kappa shape index (κ3) is 7.49. The summed E-state index contributed by atoms with van der Waals surface area (Å²) in [5.74, 6) is -2.51. The van der Waals surface area contributed by atoms with Crippen molar-refractivity contribution in [3.8, 4) is 17.2 Å². The van der Waals surface area contributed by atoms with Crippen molar-refractivity contribution in [3.63, 3.8) is 0 Å². The van der Waals surface area contributed by atoms with Crippen LogP contribution in [0.4, 0.5) is 11.6 Å². The monoisotopic (exact) mass is 993 g/mol. The Balaban J connectivity index is 1.14. The molecule has 6 heterocycles.